The van der Waals surface area contributed by atoms with E-state index >= 15 is 0 Å². The molecule has 30 heteroatoms. The molecular formula is C39H67NO29. The number of nitrogens with two attached hydrogens (primary N) is 1. The molecule has 30 unspecified atom stereocenters. The summed E-state index contributed by atoms with van der Waals surface area (Å²) in [5.41, 5.74) is 5.70. The van der Waals surface area contributed by atoms with Crippen molar-refractivity contribution in [3.8, 4) is 0 Å². The summed E-state index contributed by atoms with van der Waals surface area (Å²) in [7, 11) is 0. The molecule has 22 aliphatic rings. The minimum atomic E-state index is -2.14. The van der Waals surface area contributed by atoms with Crippen molar-refractivity contribution < 1.29 is 144 Å². The molecule has 22 aliphatic heterocycles. The molecule has 12 bridgehead atoms. The number of hydrogen-bond donors (Lipinski definition) is 18. The molecule has 0 saturated carbocycles. The van der Waals surface area contributed by atoms with Gasteiger partial charge in [-0.1, -0.05) is 0 Å². The van der Waals surface area contributed by atoms with E-state index < -0.39 is 217 Å². The number of aliphatic hydroxyl groups is 17. The quantitative estimate of drug-likeness (QED) is 0.0954. The molecule has 22 saturated heterocycles. The number of hydrogen-bond acceptors (Lipinski definition) is 30. The number of unbranched alkanes of at least 4 members (excludes halogenated alkanes) is 1. The van der Waals surface area contributed by atoms with Crippen LogP contribution in [0.2, 0.25) is 0 Å². The third-order valence-corrected chi connectivity index (χ3v) is 13.4. The summed E-state index contributed by atoms with van der Waals surface area (Å²) in [4.78, 5) is 0. The lowest BCUT2D eigenvalue weighted by molar-refractivity contribution is -0.403. The van der Waals surface area contributed by atoms with Gasteiger partial charge in [-0.2, -0.15) is 0 Å². The van der Waals surface area contributed by atoms with E-state index in [4.69, 9.17) is 62.6 Å². The van der Waals surface area contributed by atoms with Crippen LogP contribution in [0.5, 0.6) is 0 Å². The van der Waals surface area contributed by atoms with E-state index in [0.717, 1.165) is 0 Å². The second-order valence-corrected chi connectivity index (χ2v) is 17.9. The van der Waals surface area contributed by atoms with Crippen molar-refractivity contribution in [1.29, 1.82) is 0 Å². The summed E-state index contributed by atoms with van der Waals surface area (Å²) < 4.78 is 69.3. The first-order valence-corrected chi connectivity index (χ1v) is 22.7. The van der Waals surface area contributed by atoms with Crippen LogP contribution >= 0.6 is 0 Å². The van der Waals surface area contributed by atoms with Gasteiger partial charge in [-0.05, 0) is 25.8 Å². The van der Waals surface area contributed by atoms with Crippen molar-refractivity contribution in [2.75, 3.05) is 39.6 Å². The Kier molecular flexibility index (Phi) is 19.3. The van der Waals surface area contributed by atoms with E-state index in [0.29, 0.717) is 12.8 Å². The van der Waals surface area contributed by atoms with E-state index in [-0.39, 0.29) is 13.0 Å². The Bertz CT molecular complexity index is 1570. The van der Waals surface area contributed by atoms with Crippen molar-refractivity contribution in [3.05, 3.63) is 0 Å². The monoisotopic (exact) mass is 1010 g/mol. The lowest BCUT2D eigenvalue weighted by Gasteiger charge is -2.50. The summed E-state index contributed by atoms with van der Waals surface area (Å²) in [6, 6.07) is 0. The minimum absolute atomic E-state index is 0.0261. The van der Waals surface area contributed by atoms with E-state index in [1.165, 1.54) is 0 Å². The molecule has 22 heterocycles. The van der Waals surface area contributed by atoms with Gasteiger partial charge in [-0.15, -0.1) is 0 Å². The smallest absolute Gasteiger partial charge is 0.187 e. The van der Waals surface area contributed by atoms with Gasteiger partial charge in [0, 0.05) is 0 Å². The van der Waals surface area contributed by atoms with Gasteiger partial charge in [0.1, 0.15) is 140 Å². The van der Waals surface area contributed by atoms with Crippen LogP contribution in [0.25, 0.3) is 0 Å². The average molecular weight is 1010 g/mol. The van der Waals surface area contributed by atoms with Crippen LogP contribution < -0.4 is 5.73 Å². The van der Waals surface area contributed by atoms with Gasteiger partial charge in [-0.3, -0.25) is 0 Å². The van der Waals surface area contributed by atoms with Gasteiger partial charge < -0.3 is 149 Å². The van der Waals surface area contributed by atoms with Crippen molar-refractivity contribution in [1.82, 2.24) is 0 Å². The lowest BCUT2D eigenvalue weighted by Crippen LogP contribution is -2.69. The van der Waals surface area contributed by atoms with E-state index in [1.54, 1.807) is 0 Å². The zero-order valence-electron chi connectivity index (χ0n) is 36.8. The molecule has 19 N–H and O–H groups in total. The maximum atomic E-state index is 11.5. The van der Waals surface area contributed by atoms with Gasteiger partial charge in [0.15, 0.2) is 37.7 Å². The van der Waals surface area contributed by atoms with Crippen LogP contribution in [0.4, 0.5) is 0 Å². The SMILES string of the molecule is NCCCCC1OC2OC3C(CO)OC(OC4C(CO)OC(OC5C(CO)OC(OC6C(CO)OC(OC7C(CO)OC(OC1C(O)C2O)C(O)C7O)C(O)C6O)C(O)C5O)C(O)C4O)C(O)C3O. The first-order valence-electron chi connectivity index (χ1n) is 22.7. The third-order valence-electron chi connectivity index (χ3n) is 13.4. The Morgan fingerprint density at radius 3 is 0.623 bits per heavy atom. The summed E-state index contributed by atoms with van der Waals surface area (Å²) in [5, 5.41) is 187. The summed E-state index contributed by atoms with van der Waals surface area (Å²) in [6.07, 6.45) is -56.1. The molecule has 0 aromatic rings. The van der Waals surface area contributed by atoms with Crippen LogP contribution in [-0.2, 0) is 56.8 Å². The molecule has 0 amide bonds. The van der Waals surface area contributed by atoms with Crippen molar-refractivity contribution >= 4 is 0 Å². The highest BCUT2D eigenvalue weighted by Gasteiger charge is 2.58. The molecule has 30 nitrogen and oxygen atoms in total. The van der Waals surface area contributed by atoms with Gasteiger partial charge in [-0.25, -0.2) is 0 Å². The van der Waals surface area contributed by atoms with E-state index in [9.17, 15) is 86.8 Å². The Balaban J connectivity index is 1.20. The molecule has 30 atom stereocenters. The predicted octanol–water partition coefficient (Wildman–Crippen LogP) is -11.9. The second-order valence-electron chi connectivity index (χ2n) is 17.9. The molecule has 69 heavy (non-hydrogen) atoms. The van der Waals surface area contributed by atoms with E-state index in [1.807, 2.05) is 0 Å². The number of rotatable bonds is 9. The first-order chi connectivity index (χ1) is 32.9. The maximum Gasteiger partial charge on any atom is 0.187 e. The van der Waals surface area contributed by atoms with Gasteiger partial charge >= 0.3 is 0 Å². The zero-order chi connectivity index (χ0) is 50.2. The Morgan fingerprint density at radius 2 is 0.435 bits per heavy atom. The Labute approximate surface area is 392 Å². The van der Waals surface area contributed by atoms with Gasteiger partial charge in [0.2, 0.25) is 0 Å². The molecule has 0 radical (unpaired) electrons. The topological polar surface area (TPSA) is 481 Å². The van der Waals surface area contributed by atoms with Crippen LogP contribution in [0.1, 0.15) is 19.3 Å². The third kappa shape index (κ3) is 11.3. The summed E-state index contributed by atoms with van der Waals surface area (Å²) in [5.74, 6) is 0. The van der Waals surface area contributed by atoms with Crippen LogP contribution in [0.3, 0.4) is 0 Å². The molecule has 0 aromatic heterocycles. The fourth-order valence-corrected chi connectivity index (χ4v) is 9.50. The Morgan fingerprint density at radius 1 is 0.246 bits per heavy atom. The predicted molar refractivity (Wildman–Crippen MR) is 212 cm³/mol. The molecule has 0 spiro atoms. The number of ether oxygens (including phenoxy) is 12. The normalized spacial score (nSPS) is 53.5. The largest absolute Gasteiger partial charge is 0.394 e. The molecule has 0 aromatic carbocycles. The molecule has 0 aliphatic carbocycles. The molecule has 22 rings (SSSR count). The summed E-state index contributed by atoms with van der Waals surface area (Å²) >= 11 is 0. The lowest BCUT2D eigenvalue weighted by atomic mass is 9.93. The highest BCUT2D eigenvalue weighted by molar-refractivity contribution is 5.01. The zero-order valence-corrected chi connectivity index (χ0v) is 36.8. The average Bonchev–Trinajstić information content (AvgIpc) is 3.34. The maximum absolute atomic E-state index is 11.5. The first kappa shape index (κ1) is 55.5. The van der Waals surface area contributed by atoms with Crippen LogP contribution in [-0.4, -0.2) is 311 Å². The second kappa shape index (κ2) is 24.0. The van der Waals surface area contributed by atoms with Crippen molar-refractivity contribution in [2.45, 2.75) is 203 Å². The fourth-order valence-electron chi connectivity index (χ4n) is 9.50. The van der Waals surface area contributed by atoms with Crippen molar-refractivity contribution in [2.24, 2.45) is 5.73 Å². The van der Waals surface area contributed by atoms with Crippen molar-refractivity contribution in [3.63, 3.8) is 0 Å². The fraction of sp³-hybridized carbons (Fsp3) is 1.00. The van der Waals surface area contributed by atoms with Crippen LogP contribution in [0, 0.1) is 0 Å². The molecular weight excluding hydrogens is 946 g/mol. The summed E-state index contributed by atoms with van der Waals surface area (Å²) in [6.45, 7) is -4.66. The molecule has 402 valence electrons. The standard InChI is InChI=1S/C39H67NO29/c40-4-2-1-3-10-28-16(46)22(52)34(58-10)65-29-11(5-41)60-36(24(54)18(29)48)67-31-13(7-43)62-38(26(56)20(31)50)69-33-15(9-45)63-39(27(57)21(33)51)68-32-14(8-44)61-37(25(55)19(32)49)66-30-12(6-42)59-35(64-28)23(53)17(30)47/h10-39,41-57H,1-9,40H2. The highest BCUT2D eigenvalue weighted by atomic mass is 16.8. The Hall–Kier alpha value is -1.20. The van der Waals surface area contributed by atoms with Crippen LogP contribution in [0.15, 0.2) is 0 Å². The van der Waals surface area contributed by atoms with Gasteiger partial charge in [0.05, 0.1) is 39.1 Å². The minimum Gasteiger partial charge on any atom is -0.394 e. The molecule has 22 fully saturated rings. The van der Waals surface area contributed by atoms with Gasteiger partial charge in [0.25, 0.3) is 0 Å². The van der Waals surface area contributed by atoms with E-state index in [2.05, 4.69) is 0 Å². The highest BCUT2D eigenvalue weighted by Crippen LogP contribution is 2.38. The number of aliphatic hydroxyl groups excluding tert-OH is 17.